The predicted molar refractivity (Wildman–Crippen MR) is 66.0 cm³/mol. The summed E-state index contributed by atoms with van der Waals surface area (Å²) < 4.78 is 41.3. The van der Waals surface area contributed by atoms with Crippen LogP contribution < -0.4 is 11.0 Å². The lowest BCUT2D eigenvalue weighted by Gasteiger charge is -2.20. The number of alkyl halides is 3. The molecule has 0 fully saturated rings. The van der Waals surface area contributed by atoms with Crippen LogP contribution in [0.1, 0.15) is 11.6 Å². The van der Waals surface area contributed by atoms with Gasteiger partial charge in [0, 0.05) is 14.1 Å². The molecule has 0 radical (unpaired) electrons. The van der Waals surface area contributed by atoms with Gasteiger partial charge in [0.25, 0.3) is 0 Å². The van der Waals surface area contributed by atoms with E-state index in [1.807, 2.05) is 0 Å². The van der Waals surface area contributed by atoms with Gasteiger partial charge in [-0.05, 0) is 24.7 Å². The zero-order valence-electron chi connectivity index (χ0n) is 10.7. The largest absolute Gasteiger partial charge is 0.407 e. The van der Waals surface area contributed by atoms with E-state index in [0.717, 1.165) is 0 Å². The van der Waals surface area contributed by atoms with Crippen molar-refractivity contribution in [2.45, 2.75) is 12.2 Å². The summed E-state index contributed by atoms with van der Waals surface area (Å²) in [4.78, 5) is 11.7. The van der Waals surface area contributed by atoms with Crippen molar-refractivity contribution in [1.29, 1.82) is 0 Å². The van der Waals surface area contributed by atoms with E-state index in [0.29, 0.717) is 11.0 Å². The van der Waals surface area contributed by atoms with Crippen LogP contribution in [-0.2, 0) is 14.1 Å². The van der Waals surface area contributed by atoms with Gasteiger partial charge in [-0.25, -0.2) is 4.79 Å². The Bertz CT molecular complexity index is 669. The molecule has 104 valence electrons. The molecular formula is C12H14F3N3O. The lowest BCUT2D eigenvalue weighted by atomic mass is 10.1. The molecule has 0 amide bonds. The number of nitrogens with zero attached hydrogens (tertiary/aromatic N) is 2. The number of nitrogens with one attached hydrogen (secondary N) is 1. The smallest absolute Gasteiger partial charge is 0.306 e. The first-order valence-corrected chi connectivity index (χ1v) is 5.66. The lowest BCUT2D eigenvalue weighted by Crippen LogP contribution is -2.31. The van der Waals surface area contributed by atoms with E-state index in [1.54, 1.807) is 7.05 Å². The molecule has 2 aromatic rings. The van der Waals surface area contributed by atoms with Crippen molar-refractivity contribution < 1.29 is 13.2 Å². The van der Waals surface area contributed by atoms with Gasteiger partial charge in [0.2, 0.25) is 0 Å². The number of rotatable bonds is 2. The summed E-state index contributed by atoms with van der Waals surface area (Å²) in [5.74, 6) is 0. The number of imidazole rings is 1. The second-order valence-electron chi connectivity index (χ2n) is 4.41. The number of halogens is 3. The molecule has 0 spiro atoms. The highest BCUT2D eigenvalue weighted by molar-refractivity contribution is 5.77. The van der Waals surface area contributed by atoms with E-state index < -0.39 is 12.2 Å². The molecule has 0 aliphatic rings. The molecule has 1 heterocycles. The third-order valence-corrected chi connectivity index (χ3v) is 3.25. The van der Waals surface area contributed by atoms with Gasteiger partial charge in [0.05, 0.1) is 11.0 Å². The fourth-order valence-corrected chi connectivity index (χ4v) is 2.22. The minimum Gasteiger partial charge on any atom is -0.306 e. The van der Waals surface area contributed by atoms with Gasteiger partial charge >= 0.3 is 11.9 Å². The van der Waals surface area contributed by atoms with Crippen molar-refractivity contribution in [2.75, 3.05) is 7.05 Å². The van der Waals surface area contributed by atoms with Crippen molar-refractivity contribution in [3.05, 3.63) is 34.2 Å². The van der Waals surface area contributed by atoms with E-state index >= 15 is 0 Å². The average Bonchev–Trinajstić information content (AvgIpc) is 2.54. The quantitative estimate of drug-likeness (QED) is 0.904. The van der Waals surface area contributed by atoms with Gasteiger partial charge in [-0.3, -0.25) is 9.13 Å². The maximum absolute atomic E-state index is 12.9. The number of aryl methyl sites for hydroxylation is 2. The summed E-state index contributed by atoms with van der Waals surface area (Å²) in [7, 11) is 4.38. The molecule has 0 aliphatic heterocycles. The summed E-state index contributed by atoms with van der Waals surface area (Å²) >= 11 is 0. The summed E-state index contributed by atoms with van der Waals surface area (Å²) in [6, 6.07) is 2.57. The molecule has 0 saturated heterocycles. The Kier molecular flexibility index (Phi) is 3.17. The number of aromatic nitrogens is 2. The zero-order valence-corrected chi connectivity index (χ0v) is 10.7. The number of hydrogen-bond acceptors (Lipinski definition) is 2. The molecule has 1 atom stereocenters. The fourth-order valence-electron chi connectivity index (χ4n) is 2.22. The van der Waals surface area contributed by atoms with Gasteiger partial charge in [0.1, 0.15) is 6.04 Å². The maximum Gasteiger partial charge on any atom is 0.407 e. The van der Waals surface area contributed by atoms with Crippen LogP contribution in [0, 0.1) is 0 Å². The summed E-state index contributed by atoms with van der Waals surface area (Å²) in [5.41, 5.74) is 0.909. The summed E-state index contributed by atoms with van der Waals surface area (Å²) in [5, 5.41) is 2.24. The Balaban J connectivity index is 2.65. The lowest BCUT2D eigenvalue weighted by molar-refractivity contribution is -0.156. The number of benzene rings is 1. The molecule has 1 unspecified atom stereocenters. The maximum atomic E-state index is 12.9. The van der Waals surface area contributed by atoms with Crippen molar-refractivity contribution in [1.82, 2.24) is 14.5 Å². The van der Waals surface area contributed by atoms with Crippen LogP contribution in [0.25, 0.3) is 11.0 Å². The first-order valence-electron chi connectivity index (χ1n) is 5.66. The highest BCUT2D eigenvalue weighted by Crippen LogP contribution is 2.33. The van der Waals surface area contributed by atoms with E-state index in [1.165, 1.54) is 41.4 Å². The van der Waals surface area contributed by atoms with Gasteiger partial charge in [0.15, 0.2) is 0 Å². The second kappa shape index (κ2) is 4.41. The van der Waals surface area contributed by atoms with Gasteiger partial charge < -0.3 is 5.32 Å². The van der Waals surface area contributed by atoms with E-state index in [9.17, 15) is 18.0 Å². The molecule has 0 aliphatic carbocycles. The first-order chi connectivity index (χ1) is 8.77. The molecular weight excluding hydrogens is 259 g/mol. The molecule has 19 heavy (non-hydrogen) atoms. The average molecular weight is 273 g/mol. The molecule has 1 aromatic carbocycles. The van der Waals surface area contributed by atoms with Crippen LogP contribution in [0.15, 0.2) is 23.0 Å². The van der Waals surface area contributed by atoms with E-state index in [2.05, 4.69) is 5.32 Å². The van der Waals surface area contributed by atoms with Crippen molar-refractivity contribution in [2.24, 2.45) is 14.1 Å². The fraction of sp³-hybridized carbons (Fsp3) is 0.417. The minimum atomic E-state index is -4.38. The van der Waals surface area contributed by atoms with Gasteiger partial charge in [-0.1, -0.05) is 6.07 Å². The van der Waals surface area contributed by atoms with Crippen LogP contribution in [-0.4, -0.2) is 22.4 Å². The number of hydrogen-bond donors (Lipinski definition) is 1. The molecule has 0 bridgehead atoms. The Labute approximate surface area is 107 Å². The van der Waals surface area contributed by atoms with Crippen molar-refractivity contribution in [3.8, 4) is 0 Å². The van der Waals surface area contributed by atoms with Crippen LogP contribution in [0.5, 0.6) is 0 Å². The normalized spacial score (nSPS) is 14.0. The van der Waals surface area contributed by atoms with Gasteiger partial charge in [-0.2, -0.15) is 13.2 Å². The number of fused-ring (bicyclic) bond motifs is 1. The van der Waals surface area contributed by atoms with Crippen molar-refractivity contribution >= 4 is 11.0 Å². The molecule has 1 N–H and O–H groups in total. The Morgan fingerprint density at radius 2 is 1.74 bits per heavy atom. The molecule has 7 heteroatoms. The highest BCUT2D eigenvalue weighted by Gasteiger charge is 2.39. The van der Waals surface area contributed by atoms with E-state index in [4.69, 9.17) is 0 Å². The minimum absolute atomic E-state index is 0.0868. The topological polar surface area (TPSA) is 39.0 Å². The molecule has 1 aromatic heterocycles. The van der Waals surface area contributed by atoms with Crippen LogP contribution in [0.4, 0.5) is 13.2 Å². The Hall–Kier alpha value is -1.76. The Morgan fingerprint density at radius 1 is 1.16 bits per heavy atom. The first kappa shape index (κ1) is 13.7. The zero-order chi connectivity index (χ0) is 14.4. The second-order valence-corrected chi connectivity index (χ2v) is 4.41. The third kappa shape index (κ3) is 2.14. The van der Waals surface area contributed by atoms with Gasteiger partial charge in [-0.15, -0.1) is 0 Å². The Morgan fingerprint density at radius 3 is 2.26 bits per heavy atom. The molecule has 0 saturated carbocycles. The summed E-state index contributed by atoms with van der Waals surface area (Å²) in [6.07, 6.45) is -4.38. The predicted octanol–water partition coefficient (Wildman–Crippen LogP) is 1.70. The van der Waals surface area contributed by atoms with Crippen LogP contribution >= 0.6 is 0 Å². The molecule has 2 rings (SSSR count). The highest BCUT2D eigenvalue weighted by atomic mass is 19.4. The molecule has 4 nitrogen and oxygen atoms in total. The third-order valence-electron chi connectivity index (χ3n) is 3.25. The van der Waals surface area contributed by atoms with E-state index in [-0.39, 0.29) is 11.3 Å². The SMILES string of the molecule is CNC(c1ccc2c(c1)n(C)c(=O)n2C)C(F)(F)F. The van der Waals surface area contributed by atoms with Crippen molar-refractivity contribution in [3.63, 3.8) is 0 Å². The van der Waals surface area contributed by atoms with Crippen LogP contribution in [0.2, 0.25) is 0 Å². The standard InChI is InChI=1S/C12H14F3N3O/c1-16-10(12(13,14)15)7-4-5-8-9(6-7)18(3)11(19)17(8)2/h4-6,10,16H,1-3H3. The van der Waals surface area contributed by atoms with Crippen LogP contribution in [0.3, 0.4) is 0 Å². The summed E-state index contributed by atoms with van der Waals surface area (Å²) in [6.45, 7) is 0. The monoisotopic (exact) mass is 273 g/mol.